The highest BCUT2D eigenvalue weighted by molar-refractivity contribution is 6.30. The lowest BCUT2D eigenvalue weighted by Gasteiger charge is -2.31. The van der Waals surface area contributed by atoms with Crippen LogP contribution in [0, 0.1) is 17.1 Å². The molecule has 2 nitrogen and oxygen atoms in total. The van der Waals surface area contributed by atoms with E-state index in [1.807, 2.05) is 4.90 Å². The zero-order valence-electron chi connectivity index (χ0n) is 9.50. The second-order valence-electron chi connectivity index (χ2n) is 4.35. The molecule has 1 aromatic rings. The third-order valence-electron chi connectivity index (χ3n) is 3.14. The van der Waals surface area contributed by atoms with E-state index in [4.69, 9.17) is 16.9 Å². The van der Waals surface area contributed by atoms with Crippen molar-refractivity contribution >= 4 is 11.6 Å². The number of benzene rings is 1. The summed E-state index contributed by atoms with van der Waals surface area (Å²) in [5.74, 6) is -0.253. The lowest BCUT2D eigenvalue weighted by Crippen LogP contribution is -2.38. The van der Waals surface area contributed by atoms with Gasteiger partial charge in [-0.3, -0.25) is 4.90 Å². The standard InChI is InChI=1S/C13H14ClFN2/c14-11-4-5-13(15)10(7-11)9-17-6-2-1-3-12(17)8-16/h4-5,7,12H,1-3,6,9H2. The molecule has 1 saturated heterocycles. The van der Waals surface area contributed by atoms with Crippen molar-refractivity contribution in [1.29, 1.82) is 5.26 Å². The maximum absolute atomic E-state index is 13.6. The van der Waals surface area contributed by atoms with Gasteiger partial charge in [-0.05, 0) is 44.0 Å². The highest BCUT2D eigenvalue weighted by atomic mass is 35.5. The van der Waals surface area contributed by atoms with E-state index < -0.39 is 0 Å². The normalized spacial score (nSPS) is 21.1. The maximum atomic E-state index is 13.6. The topological polar surface area (TPSA) is 27.0 Å². The molecule has 0 aliphatic carbocycles. The summed E-state index contributed by atoms with van der Waals surface area (Å²) in [6.45, 7) is 1.31. The molecule has 1 heterocycles. The van der Waals surface area contributed by atoms with Crippen molar-refractivity contribution in [3.63, 3.8) is 0 Å². The molecule has 0 bridgehead atoms. The number of hydrogen-bond donors (Lipinski definition) is 0. The van der Waals surface area contributed by atoms with Gasteiger partial charge in [-0.25, -0.2) is 4.39 Å². The van der Waals surface area contributed by atoms with E-state index in [9.17, 15) is 4.39 Å². The fraction of sp³-hybridized carbons (Fsp3) is 0.462. The average Bonchev–Trinajstić information content (AvgIpc) is 2.34. The van der Waals surface area contributed by atoms with Gasteiger partial charge in [-0.15, -0.1) is 0 Å². The summed E-state index contributed by atoms with van der Waals surface area (Å²) in [6.07, 6.45) is 3.02. The van der Waals surface area contributed by atoms with E-state index in [-0.39, 0.29) is 11.9 Å². The first-order valence-corrected chi connectivity index (χ1v) is 6.16. The minimum atomic E-state index is -0.253. The van der Waals surface area contributed by atoms with Gasteiger partial charge in [0.15, 0.2) is 0 Å². The molecule has 0 spiro atoms. The molecule has 1 aliphatic rings. The van der Waals surface area contributed by atoms with Gasteiger partial charge in [0.05, 0.1) is 12.1 Å². The Morgan fingerprint density at radius 2 is 2.29 bits per heavy atom. The van der Waals surface area contributed by atoms with Crippen molar-refractivity contribution in [2.45, 2.75) is 31.8 Å². The first-order valence-electron chi connectivity index (χ1n) is 5.78. The van der Waals surface area contributed by atoms with Crippen LogP contribution in [-0.4, -0.2) is 17.5 Å². The van der Waals surface area contributed by atoms with Crippen LogP contribution >= 0.6 is 11.6 Å². The second-order valence-corrected chi connectivity index (χ2v) is 4.78. The van der Waals surface area contributed by atoms with Gasteiger partial charge in [-0.1, -0.05) is 11.6 Å². The van der Waals surface area contributed by atoms with Gasteiger partial charge in [0.2, 0.25) is 0 Å². The van der Waals surface area contributed by atoms with Crippen LogP contribution in [0.1, 0.15) is 24.8 Å². The van der Waals surface area contributed by atoms with Crippen LogP contribution in [0.2, 0.25) is 5.02 Å². The Morgan fingerprint density at radius 1 is 1.47 bits per heavy atom. The van der Waals surface area contributed by atoms with E-state index in [1.165, 1.54) is 6.07 Å². The monoisotopic (exact) mass is 252 g/mol. The molecule has 0 aromatic heterocycles. The summed E-state index contributed by atoms with van der Waals surface area (Å²) in [5, 5.41) is 9.59. The molecule has 4 heteroatoms. The lowest BCUT2D eigenvalue weighted by atomic mass is 10.0. The zero-order chi connectivity index (χ0) is 12.3. The minimum Gasteiger partial charge on any atom is -0.284 e. The van der Waals surface area contributed by atoms with E-state index in [2.05, 4.69) is 6.07 Å². The van der Waals surface area contributed by atoms with Gasteiger partial charge in [0, 0.05) is 17.1 Å². The third kappa shape index (κ3) is 2.96. The molecular weight excluding hydrogens is 239 g/mol. The quantitative estimate of drug-likeness (QED) is 0.807. The van der Waals surface area contributed by atoms with Gasteiger partial charge in [-0.2, -0.15) is 5.26 Å². The molecule has 1 aliphatic heterocycles. The lowest BCUT2D eigenvalue weighted by molar-refractivity contribution is 0.174. The Kier molecular flexibility index (Phi) is 3.98. The van der Waals surface area contributed by atoms with Crippen molar-refractivity contribution in [1.82, 2.24) is 4.90 Å². The summed E-state index contributed by atoms with van der Waals surface area (Å²) in [5.41, 5.74) is 0.569. The number of likely N-dealkylation sites (tertiary alicyclic amines) is 1. The molecule has 1 atom stereocenters. The Labute approximate surface area is 106 Å². The molecule has 2 rings (SSSR count). The summed E-state index contributed by atoms with van der Waals surface area (Å²) in [7, 11) is 0. The van der Waals surface area contributed by atoms with Crippen LogP contribution in [0.25, 0.3) is 0 Å². The number of nitriles is 1. The van der Waals surface area contributed by atoms with E-state index in [0.29, 0.717) is 17.1 Å². The number of rotatable bonds is 2. The molecule has 0 amide bonds. The Hall–Kier alpha value is -1.11. The summed E-state index contributed by atoms with van der Waals surface area (Å²) in [4.78, 5) is 2.03. The SMILES string of the molecule is N#CC1CCCCN1Cc1cc(Cl)ccc1F. The highest BCUT2D eigenvalue weighted by Crippen LogP contribution is 2.22. The number of piperidine rings is 1. The van der Waals surface area contributed by atoms with Gasteiger partial charge in [0.1, 0.15) is 5.82 Å². The average molecular weight is 253 g/mol. The van der Waals surface area contributed by atoms with Crippen LogP contribution in [0.3, 0.4) is 0 Å². The fourth-order valence-corrected chi connectivity index (χ4v) is 2.40. The molecule has 1 aromatic carbocycles. The minimum absolute atomic E-state index is 0.0952. The first-order chi connectivity index (χ1) is 8.20. The summed E-state index contributed by atoms with van der Waals surface area (Å²) >= 11 is 5.85. The molecule has 1 unspecified atom stereocenters. The molecule has 0 N–H and O–H groups in total. The number of hydrogen-bond acceptors (Lipinski definition) is 2. The van der Waals surface area contributed by atoms with E-state index in [1.54, 1.807) is 12.1 Å². The van der Waals surface area contributed by atoms with Crippen LogP contribution in [0.15, 0.2) is 18.2 Å². The Bertz CT molecular complexity index is 442. The van der Waals surface area contributed by atoms with Gasteiger partial charge < -0.3 is 0 Å². The largest absolute Gasteiger partial charge is 0.284 e. The zero-order valence-corrected chi connectivity index (χ0v) is 10.3. The van der Waals surface area contributed by atoms with Crippen molar-refractivity contribution in [3.05, 3.63) is 34.6 Å². The van der Waals surface area contributed by atoms with Crippen molar-refractivity contribution in [2.24, 2.45) is 0 Å². The maximum Gasteiger partial charge on any atom is 0.127 e. The van der Waals surface area contributed by atoms with Gasteiger partial charge >= 0.3 is 0 Å². The number of nitrogens with zero attached hydrogens (tertiary/aromatic N) is 2. The second kappa shape index (κ2) is 5.48. The van der Waals surface area contributed by atoms with Crippen LogP contribution in [0.4, 0.5) is 4.39 Å². The summed E-state index contributed by atoms with van der Waals surface area (Å²) < 4.78 is 13.6. The Balaban J connectivity index is 2.14. The highest BCUT2D eigenvalue weighted by Gasteiger charge is 2.22. The van der Waals surface area contributed by atoms with E-state index in [0.717, 1.165) is 25.8 Å². The third-order valence-corrected chi connectivity index (χ3v) is 3.38. The predicted octanol–water partition coefficient (Wildman–Crippen LogP) is 3.36. The van der Waals surface area contributed by atoms with Crippen LogP contribution < -0.4 is 0 Å². The molecule has 90 valence electrons. The summed E-state index contributed by atoms with van der Waals surface area (Å²) in [6, 6.07) is 6.74. The first kappa shape index (κ1) is 12.3. The van der Waals surface area contributed by atoms with Crippen molar-refractivity contribution < 1.29 is 4.39 Å². The van der Waals surface area contributed by atoms with Crippen LogP contribution in [-0.2, 0) is 6.54 Å². The molecule has 17 heavy (non-hydrogen) atoms. The molecule has 0 radical (unpaired) electrons. The molecule has 0 saturated carbocycles. The smallest absolute Gasteiger partial charge is 0.127 e. The van der Waals surface area contributed by atoms with Gasteiger partial charge in [0.25, 0.3) is 0 Å². The van der Waals surface area contributed by atoms with Crippen molar-refractivity contribution in [3.8, 4) is 6.07 Å². The van der Waals surface area contributed by atoms with Crippen LogP contribution in [0.5, 0.6) is 0 Å². The Morgan fingerprint density at radius 3 is 3.06 bits per heavy atom. The molecular formula is C13H14ClFN2. The number of halogens is 2. The van der Waals surface area contributed by atoms with Crippen molar-refractivity contribution in [2.75, 3.05) is 6.54 Å². The fourth-order valence-electron chi connectivity index (χ4n) is 2.21. The van der Waals surface area contributed by atoms with E-state index >= 15 is 0 Å². The predicted molar refractivity (Wildman–Crippen MR) is 65.1 cm³/mol. The molecule has 1 fully saturated rings.